The Morgan fingerprint density at radius 1 is 1.20 bits per heavy atom. The molecular weight excluding hydrogens is 342 g/mol. The van der Waals surface area contributed by atoms with Crippen LogP contribution in [0.1, 0.15) is 25.3 Å². The van der Waals surface area contributed by atoms with Gasteiger partial charge in [0, 0.05) is 33.4 Å². The zero-order chi connectivity index (χ0) is 17.9. The maximum Gasteiger partial charge on any atom is 0.190 e. The van der Waals surface area contributed by atoms with Crippen LogP contribution in [0.5, 0.6) is 11.5 Å². The Morgan fingerprint density at radius 3 is 2.80 bits per heavy atom. The molecule has 1 heterocycles. The average molecular weight is 370 g/mol. The number of fused-ring (bicyclic) bond motifs is 1. The molecule has 0 atom stereocenters. The number of benzene rings is 1. The van der Waals surface area contributed by atoms with Crippen molar-refractivity contribution in [1.82, 2.24) is 10.6 Å². The van der Waals surface area contributed by atoms with E-state index < -0.39 is 0 Å². The van der Waals surface area contributed by atoms with E-state index in [1.807, 2.05) is 19.1 Å². The van der Waals surface area contributed by atoms with Gasteiger partial charge in [-0.3, -0.25) is 4.99 Å². The fourth-order valence-electron chi connectivity index (χ4n) is 2.53. The van der Waals surface area contributed by atoms with Crippen LogP contribution in [-0.2, 0) is 11.2 Å². The number of hydrogen-bond donors (Lipinski definition) is 2. The number of rotatable bonds is 9. The van der Waals surface area contributed by atoms with Gasteiger partial charge < -0.3 is 24.8 Å². The maximum atomic E-state index is 6.27. The van der Waals surface area contributed by atoms with Crippen molar-refractivity contribution < 1.29 is 14.2 Å². The van der Waals surface area contributed by atoms with E-state index in [2.05, 4.69) is 15.6 Å². The summed E-state index contributed by atoms with van der Waals surface area (Å²) < 4.78 is 16.5. The van der Waals surface area contributed by atoms with Crippen molar-refractivity contribution in [2.45, 2.75) is 26.2 Å². The molecule has 0 spiro atoms. The third-order valence-corrected chi connectivity index (χ3v) is 4.08. The predicted octanol–water partition coefficient (Wildman–Crippen LogP) is 2.64. The van der Waals surface area contributed by atoms with Crippen molar-refractivity contribution in [2.24, 2.45) is 4.99 Å². The second kappa shape index (κ2) is 11.1. The molecule has 7 heteroatoms. The first-order chi connectivity index (χ1) is 12.2. The second-order valence-corrected chi connectivity index (χ2v) is 6.09. The summed E-state index contributed by atoms with van der Waals surface area (Å²) in [5.74, 6) is 2.18. The first-order valence-corrected chi connectivity index (χ1v) is 9.22. The molecule has 0 fully saturated rings. The average Bonchev–Trinajstić information content (AvgIpc) is 2.63. The summed E-state index contributed by atoms with van der Waals surface area (Å²) in [6.07, 6.45) is 2.92. The van der Waals surface area contributed by atoms with E-state index in [4.69, 9.17) is 25.8 Å². The van der Waals surface area contributed by atoms with Gasteiger partial charge in [0.1, 0.15) is 13.2 Å². The lowest BCUT2D eigenvalue weighted by Gasteiger charge is -2.20. The van der Waals surface area contributed by atoms with Gasteiger partial charge in [-0.25, -0.2) is 0 Å². The standard InChI is InChI=1S/C18H28ClN3O3/c1-3-23-9-5-4-7-21-18(20-2)22-8-6-14-12-15(19)17-16(13-14)24-10-11-25-17/h12-13H,3-11H2,1-2H3,(H2,20,21,22). The molecule has 0 amide bonds. The summed E-state index contributed by atoms with van der Waals surface area (Å²) in [6, 6.07) is 3.92. The molecule has 0 bridgehead atoms. The highest BCUT2D eigenvalue weighted by molar-refractivity contribution is 6.32. The number of nitrogens with zero attached hydrogens (tertiary/aromatic N) is 1. The molecular formula is C18H28ClN3O3. The van der Waals surface area contributed by atoms with Crippen LogP contribution in [-0.4, -0.2) is 52.5 Å². The molecule has 1 aromatic rings. The molecule has 0 unspecified atom stereocenters. The molecule has 0 saturated heterocycles. The van der Waals surface area contributed by atoms with Gasteiger partial charge in [-0.1, -0.05) is 11.6 Å². The Morgan fingerprint density at radius 2 is 2.00 bits per heavy atom. The largest absolute Gasteiger partial charge is 0.486 e. The molecule has 1 aliphatic heterocycles. The SMILES string of the molecule is CCOCCCCNC(=NC)NCCc1cc(Cl)c2c(c1)OCCO2. The topological polar surface area (TPSA) is 64.1 Å². The van der Waals surface area contributed by atoms with E-state index >= 15 is 0 Å². The van der Waals surface area contributed by atoms with Gasteiger partial charge in [0.05, 0.1) is 5.02 Å². The van der Waals surface area contributed by atoms with E-state index in [0.717, 1.165) is 62.8 Å². The molecule has 0 aromatic heterocycles. The lowest BCUT2D eigenvalue weighted by molar-refractivity contribution is 0.143. The van der Waals surface area contributed by atoms with Crippen molar-refractivity contribution in [1.29, 1.82) is 0 Å². The van der Waals surface area contributed by atoms with Gasteiger partial charge in [0.2, 0.25) is 0 Å². The number of halogens is 1. The Labute approximate surface area is 154 Å². The molecule has 0 saturated carbocycles. The van der Waals surface area contributed by atoms with Crippen LogP contribution in [0.2, 0.25) is 5.02 Å². The zero-order valence-electron chi connectivity index (χ0n) is 15.1. The summed E-state index contributed by atoms with van der Waals surface area (Å²) in [6.45, 7) is 6.34. The highest BCUT2D eigenvalue weighted by Gasteiger charge is 2.16. The summed E-state index contributed by atoms with van der Waals surface area (Å²) in [4.78, 5) is 4.23. The van der Waals surface area contributed by atoms with E-state index in [-0.39, 0.29) is 0 Å². The summed E-state index contributed by atoms with van der Waals surface area (Å²) >= 11 is 6.27. The van der Waals surface area contributed by atoms with Crippen LogP contribution in [0, 0.1) is 0 Å². The first kappa shape index (κ1) is 19.7. The minimum absolute atomic E-state index is 0.542. The zero-order valence-corrected chi connectivity index (χ0v) is 15.8. The van der Waals surface area contributed by atoms with E-state index in [1.165, 1.54) is 0 Å². The Bertz CT molecular complexity index is 567. The van der Waals surface area contributed by atoms with Crippen molar-refractivity contribution >= 4 is 17.6 Å². The fraction of sp³-hybridized carbons (Fsp3) is 0.611. The Hall–Kier alpha value is -1.66. The van der Waals surface area contributed by atoms with E-state index in [9.17, 15) is 0 Å². The van der Waals surface area contributed by atoms with Crippen molar-refractivity contribution in [2.75, 3.05) is 46.6 Å². The third kappa shape index (κ3) is 6.63. The molecule has 2 rings (SSSR count). The van der Waals surface area contributed by atoms with Crippen LogP contribution in [0.15, 0.2) is 17.1 Å². The number of aliphatic imine (C=N–C) groups is 1. The van der Waals surface area contributed by atoms with Gasteiger partial charge >= 0.3 is 0 Å². The highest BCUT2D eigenvalue weighted by Crippen LogP contribution is 2.38. The second-order valence-electron chi connectivity index (χ2n) is 5.68. The molecule has 0 aliphatic carbocycles. The molecule has 0 radical (unpaired) electrons. The Balaban J connectivity index is 1.71. The number of nitrogens with one attached hydrogen (secondary N) is 2. The fourth-order valence-corrected chi connectivity index (χ4v) is 2.82. The molecule has 1 aliphatic rings. The van der Waals surface area contributed by atoms with Gasteiger partial charge in [0.25, 0.3) is 0 Å². The minimum atomic E-state index is 0.542. The van der Waals surface area contributed by atoms with E-state index in [1.54, 1.807) is 7.05 Å². The van der Waals surface area contributed by atoms with Gasteiger partial charge in [0.15, 0.2) is 17.5 Å². The Kier molecular flexibility index (Phi) is 8.69. The molecule has 25 heavy (non-hydrogen) atoms. The van der Waals surface area contributed by atoms with Crippen LogP contribution in [0.4, 0.5) is 0 Å². The summed E-state index contributed by atoms with van der Waals surface area (Å²) in [7, 11) is 1.77. The lowest BCUT2D eigenvalue weighted by atomic mass is 10.1. The molecule has 2 N–H and O–H groups in total. The normalized spacial score (nSPS) is 13.6. The van der Waals surface area contributed by atoms with Crippen LogP contribution in [0.3, 0.4) is 0 Å². The van der Waals surface area contributed by atoms with Gasteiger partial charge in [-0.2, -0.15) is 0 Å². The lowest BCUT2D eigenvalue weighted by Crippen LogP contribution is -2.38. The number of guanidine groups is 1. The van der Waals surface area contributed by atoms with Crippen molar-refractivity contribution in [3.63, 3.8) is 0 Å². The van der Waals surface area contributed by atoms with Crippen LogP contribution < -0.4 is 20.1 Å². The third-order valence-electron chi connectivity index (χ3n) is 3.80. The van der Waals surface area contributed by atoms with Gasteiger partial charge in [-0.15, -0.1) is 0 Å². The number of ether oxygens (including phenoxy) is 3. The smallest absolute Gasteiger partial charge is 0.190 e. The number of hydrogen-bond acceptors (Lipinski definition) is 4. The molecule has 6 nitrogen and oxygen atoms in total. The summed E-state index contributed by atoms with van der Waals surface area (Å²) in [5.41, 5.74) is 1.11. The molecule has 1 aromatic carbocycles. The first-order valence-electron chi connectivity index (χ1n) is 8.85. The molecule has 140 valence electrons. The number of unbranched alkanes of at least 4 members (excludes halogenated alkanes) is 1. The van der Waals surface area contributed by atoms with Crippen molar-refractivity contribution in [3.8, 4) is 11.5 Å². The van der Waals surface area contributed by atoms with Crippen LogP contribution in [0.25, 0.3) is 0 Å². The summed E-state index contributed by atoms with van der Waals surface area (Å²) in [5, 5.41) is 7.22. The maximum absolute atomic E-state index is 6.27. The van der Waals surface area contributed by atoms with Gasteiger partial charge in [-0.05, 0) is 43.9 Å². The minimum Gasteiger partial charge on any atom is -0.486 e. The monoisotopic (exact) mass is 369 g/mol. The predicted molar refractivity (Wildman–Crippen MR) is 101 cm³/mol. The van der Waals surface area contributed by atoms with Crippen LogP contribution >= 0.6 is 11.6 Å². The van der Waals surface area contributed by atoms with E-state index in [0.29, 0.717) is 24.0 Å². The quantitative estimate of drug-likeness (QED) is 0.398. The van der Waals surface area contributed by atoms with Crippen molar-refractivity contribution in [3.05, 3.63) is 22.7 Å². The highest BCUT2D eigenvalue weighted by atomic mass is 35.5.